The molecule has 19 heavy (non-hydrogen) atoms. The highest BCUT2D eigenvalue weighted by atomic mass is 16.5. The van der Waals surface area contributed by atoms with Gasteiger partial charge in [0, 0.05) is 0 Å². The molecule has 1 fully saturated rings. The molecule has 0 radical (unpaired) electrons. The van der Waals surface area contributed by atoms with Crippen LogP contribution in [0.3, 0.4) is 0 Å². The fraction of sp³-hybridized carbons (Fsp3) is 0.429. The topological polar surface area (TPSA) is 60.2 Å². The minimum Gasteiger partial charge on any atom is -0.496 e. The highest BCUT2D eigenvalue weighted by molar-refractivity contribution is 5.63. The maximum atomic E-state index is 5.38. The van der Waals surface area contributed by atoms with Crippen LogP contribution >= 0.6 is 0 Å². The summed E-state index contributed by atoms with van der Waals surface area (Å²) in [4.78, 5) is 4.49. The third kappa shape index (κ3) is 2.46. The lowest BCUT2D eigenvalue weighted by atomic mass is 10.1. The zero-order chi connectivity index (χ0) is 13.1. The zero-order valence-electron chi connectivity index (χ0n) is 10.9. The molecule has 0 amide bonds. The number of rotatable bonds is 3. The van der Waals surface area contributed by atoms with Crippen molar-refractivity contribution in [1.29, 1.82) is 0 Å². The minimum atomic E-state index is 0.185. The summed E-state index contributed by atoms with van der Waals surface area (Å²) in [7, 11) is 1.64. The second kappa shape index (κ2) is 5.40. The van der Waals surface area contributed by atoms with Gasteiger partial charge in [0.2, 0.25) is 11.7 Å². The van der Waals surface area contributed by atoms with E-state index in [2.05, 4.69) is 15.5 Å². The Morgan fingerprint density at radius 1 is 1.32 bits per heavy atom. The summed E-state index contributed by atoms with van der Waals surface area (Å²) < 4.78 is 10.7. The molecular weight excluding hydrogens is 242 g/mol. The minimum absolute atomic E-state index is 0.185. The molecule has 1 aromatic heterocycles. The monoisotopic (exact) mass is 259 g/mol. The first-order chi connectivity index (χ1) is 9.38. The van der Waals surface area contributed by atoms with Crippen LogP contribution in [0.5, 0.6) is 5.75 Å². The largest absolute Gasteiger partial charge is 0.496 e. The third-order valence-electron chi connectivity index (χ3n) is 3.40. The smallest absolute Gasteiger partial charge is 0.244 e. The Labute approximate surface area is 112 Å². The molecule has 1 atom stereocenters. The quantitative estimate of drug-likeness (QED) is 0.918. The molecule has 1 aliphatic heterocycles. The Morgan fingerprint density at radius 3 is 3.00 bits per heavy atom. The second-order valence-electron chi connectivity index (χ2n) is 4.66. The molecule has 0 unspecified atom stereocenters. The van der Waals surface area contributed by atoms with Crippen molar-refractivity contribution in [3.63, 3.8) is 0 Å². The van der Waals surface area contributed by atoms with Crippen molar-refractivity contribution in [1.82, 2.24) is 15.5 Å². The molecular formula is C14H17N3O2. The van der Waals surface area contributed by atoms with Crippen LogP contribution in [0.1, 0.15) is 31.2 Å². The summed E-state index contributed by atoms with van der Waals surface area (Å²) in [6, 6.07) is 7.87. The number of hydrogen-bond acceptors (Lipinski definition) is 5. The van der Waals surface area contributed by atoms with Crippen LogP contribution in [-0.4, -0.2) is 23.8 Å². The van der Waals surface area contributed by atoms with E-state index in [0.29, 0.717) is 11.7 Å². The number of piperidine rings is 1. The summed E-state index contributed by atoms with van der Waals surface area (Å²) in [6.45, 7) is 1.01. The molecule has 5 nitrogen and oxygen atoms in total. The molecule has 0 bridgehead atoms. The molecule has 1 N–H and O–H groups in total. The number of para-hydroxylation sites is 1. The Bertz CT molecular complexity index is 547. The maximum absolute atomic E-state index is 5.38. The molecule has 0 spiro atoms. The number of aromatic nitrogens is 2. The molecule has 2 aromatic rings. The average molecular weight is 259 g/mol. The van der Waals surface area contributed by atoms with E-state index in [9.17, 15) is 0 Å². The lowest BCUT2D eigenvalue weighted by Gasteiger charge is -2.19. The third-order valence-corrected chi connectivity index (χ3v) is 3.40. The lowest BCUT2D eigenvalue weighted by molar-refractivity contribution is 0.297. The van der Waals surface area contributed by atoms with E-state index in [1.165, 1.54) is 12.8 Å². The van der Waals surface area contributed by atoms with Crippen molar-refractivity contribution >= 4 is 0 Å². The van der Waals surface area contributed by atoms with E-state index in [1.807, 2.05) is 24.3 Å². The SMILES string of the molecule is COc1ccccc1-c1noc([C@@H]2CCCCN2)n1. The molecule has 1 aromatic carbocycles. The van der Waals surface area contributed by atoms with Gasteiger partial charge in [-0.05, 0) is 31.5 Å². The molecule has 1 saturated heterocycles. The van der Waals surface area contributed by atoms with Crippen molar-refractivity contribution in [3.05, 3.63) is 30.2 Å². The number of benzene rings is 1. The normalized spacial score (nSPS) is 19.3. The first-order valence-electron chi connectivity index (χ1n) is 6.59. The van der Waals surface area contributed by atoms with Gasteiger partial charge in [0.1, 0.15) is 5.75 Å². The predicted molar refractivity (Wildman–Crippen MR) is 70.9 cm³/mol. The fourth-order valence-electron chi connectivity index (χ4n) is 2.38. The number of ether oxygens (including phenoxy) is 1. The van der Waals surface area contributed by atoms with Gasteiger partial charge in [0.25, 0.3) is 0 Å². The predicted octanol–water partition coefficient (Wildman–Crippen LogP) is 2.56. The Morgan fingerprint density at radius 2 is 2.21 bits per heavy atom. The highest BCUT2D eigenvalue weighted by Gasteiger charge is 2.22. The maximum Gasteiger partial charge on any atom is 0.244 e. The van der Waals surface area contributed by atoms with Crippen molar-refractivity contribution in [2.45, 2.75) is 25.3 Å². The Kier molecular flexibility index (Phi) is 3.46. The number of nitrogens with one attached hydrogen (secondary N) is 1. The Balaban J connectivity index is 1.88. The standard InChI is InChI=1S/C14H17N3O2/c1-18-12-8-3-2-6-10(12)13-16-14(19-17-13)11-7-4-5-9-15-11/h2-3,6,8,11,15H,4-5,7,9H2,1H3/t11-/m0/s1. The van der Waals surface area contributed by atoms with Crippen LogP contribution in [0.15, 0.2) is 28.8 Å². The second-order valence-corrected chi connectivity index (χ2v) is 4.66. The molecule has 100 valence electrons. The van der Waals surface area contributed by atoms with Gasteiger partial charge in [-0.1, -0.05) is 23.7 Å². The van der Waals surface area contributed by atoms with Crippen LogP contribution in [0, 0.1) is 0 Å². The average Bonchev–Trinajstić information content (AvgIpc) is 2.98. The van der Waals surface area contributed by atoms with E-state index in [1.54, 1.807) is 7.11 Å². The van der Waals surface area contributed by atoms with E-state index >= 15 is 0 Å². The molecule has 1 aliphatic rings. The van der Waals surface area contributed by atoms with Gasteiger partial charge in [-0.2, -0.15) is 4.98 Å². The van der Waals surface area contributed by atoms with Crippen LogP contribution in [0.4, 0.5) is 0 Å². The zero-order valence-corrected chi connectivity index (χ0v) is 10.9. The Hall–Kier alpha value is -1.88. The van der Waals surface area contributed by atoms with E-state index < -0.39 is 0 Å². The molecule has 0 aliphatic carbocycles. The summed E-state index contributed by atoms with van der Waals surface area (Å²) in [5.74, 6) is 2.01. The summed E-state index contributed by atoms with van der Waals surface area (Å²) in [6.07, 6.45) is 3.46. The van der Waals surface area contributed by atoms with Crippen LogP contribution in [0.25, 0.3) is 11.4 Å². The van der Waals surface area contributed by atoms with Gasteiger partial charge in [0.15, 0.2) is 0 Å². The van der Waals surface area contributed by atoms with Gasteiger partial charge in [-0.3, -0.25) is 0 Å². The summed E-state index contributed by atoms with van der Waals surface area (Å²) in [5.41, 5.74) is 0.857. The number of hydrogen-bond donors (Lipinski definition) is 1. The van der Waals surface area contributed by atoms with Gasteiger partial charge >= 0.3 is 0 Å². The van der Waals surface area contributed by atoms with Crippen molar-refractivity contribution < 1.29 is 9.26 Å². The van der Waals surface area contributed by atoms with Crippen molar-refractivity contribution in [2.24, 2.45) is 0 Å². The first kappa shape index (κ1) is 12.2. The van der Waals surface area contributed by atoms with Gasteiger partial charge in [-0.25, -0.2) is 0 Å². The lowest BCUT2D eigenvalue weighted by Crippen LogP contribution is -2.26. The number of nitrogens with zero attached hydrogens (tertiary/aromatic N) is 2. The highest BCUT2D eigenvalue weighted by Crippen LogP contribution is 2.29. The van der Waals surface area contributed by atoms with E-state index in [4.69, 9.17) is 9.26 Å². The van der Waals surface area contributed by atoms with Gasteiger partial charge in [-0.15, -0.1) is 0 Å². The number of methoxy groups -OCH3 is 1. The molecule has 5 heteroatoms. The molecule has 2 heterocycles. The van der Waals surface area contributed by atoms with Crippen LogP contribution in [-0.2, 0) is 0 Å². The van der Waals surface area contributed by atoms with Crippen molar-refractivity contribution in [3.8, 4) is 17.1 Å². The molecule has 0 saturated carbocycles. The first-order valence-corrected chi connectivity index (χ1v) is 6.59. The van der Waals surface area contributed by atoms with E-state index in [0.717, 1.165) is 24.3 Å². The summed E-state index contributed by atoms with van der Waals surface area (Å²) >= 11 is 0. The van der Waals surface area contributed by atoms with Gasteiger partial charge < -0.3 is 14.6 Å². The van der Waals surface area contributed by atoms with Crippen LogP contribution in [0.2, 0.25) is 0 Å². The van der Waals surface area contributed by atoms with Gasteiger partial charge in [0.05, 0.1) is 18.7 Å². The summed E-state index contributed by atoms with van der Waals surface area (Å²) in [5, 5.41) is 7.47. The van der Waals surface area contributed by atoms with Crippen molar-refractivity contribution in [2.75, 3.05) is 13.7 Å². The van der Waals surface area contributed by atoms with Crippen LogP contribution < -0.4 is 10.1 Å². The fourth-order valence-corrected chi connectivity index (χ4v) is 2.38. The molecule has 3 rings (SSSR count). The van der Waals surface area contributed by atoms with E-state index in [-0.39, 0.29) is 6.04 Å².